The summed E-state index contributed by atoms with van der Waals surface area (Å²) in [6.45, 7) is 2.76. The summed E-state index contributed by atoms with van der Waals surface area (Å²) in [5.74, 6) is 1.26. The standard InChI is InChI=1S/C21H21ClN4O3/c22-16-6-4-15(5-7-16)21-23-19(29-24-21)8-9-20(28)26-12-10-25(11-13-26)17-2-1-3-18(27)14-17/h1-7,14,27H,8-13H2. The van der Waals surface area contributed by atoms with E-state index in [4.69, 9.17) is 16.1 Å². The second-order valence-electron chi connectivity index (χ2n) is 6.91. The molecule has 1 amide bonds. The van der Waals surface area contributed by atoms with Gasteiger partial charge in [0.1, 0.15) is 5.75 Å². The molecular formula is C21H21ClN4O3. The maximum absolute atomic E-state index is 12.5. The quantitative estimate of drug-likeness (QED) is 0.691. The van der Waals surface area contributed by atoms with Crippen LogP contribution >= 0.6 is 11.6 Å². The van der Waals surface area contributed by atoms with E-state index in [9.17, 15) is 9.90 Å². The first-order valence-corrected chi connectivity index (χ1v) is 9.86. The Morgan fingerprint density at radius 2 is 1.86 bits per heavy atom. The number of hydrogen-bond acceptors (Lipinski definition) is 6. The third-order valence-corrected chi connectivity index (χ3v) is 5.20. The lowest BCUT2D eigenvalue weighted by Gasteiger charge is -2.36. The summed E-state index contributed by atoms with van der Waals surface area (Å²) in [5.41, 5.74) is 1.79. The van der Waals surface area contributed by atoms with Crippen molar-refractivity contribution in [2.45, 2.75) is 12.8 Å². The molecule has 0 bridgehead atoms. The van der Waals surface area contributed by atoms with Crippen molar-refractivity contribution in [3.8, 4) is 17.1 Å². The van der Waals surface area contributed by atoms with Gasteiger partial charge in [-0.25, -0.2) is 0 Å². The van der Waals surface area contributed by atoms with E-state index in [0.717, 1.165) is 24.3 Å². The van der Waals surface area contributed by atoms with Gasteiger partial charge in [-0.15, -0.1) is 0 Å². The lowest BCUT2D eigenvalue weighted by Crippen LogP contribution is -2.48. The number of nitrogens with zero attached hydrogens (tertiary/aromatic N) is 4. The summed E-state index contributed by atoms with van der Waals surface area (Å²) in [7, 11) is 0. The van der Waals surface area contributed by atoms with Gasteiger partial charge in [-0.1, -0.05) is 22.8 Å². The van der Waals surface area contributed by atoms with Crippen molar-refractivity contribution in [2.75, 3.05) is 31.1 Å². The molecule has 0 saturated carbocycles. The Morgan fingerprint density at radius 3 is 2.59 bits per heavy atom. The largest absolute Gasteiger partial charge is 0.508 e. The fourth-order valence-electron chi connectivity index (χ4n) is 3.35. The number of phenols is 1. The molecule has 1 aliphatic heterocycles. The van der Waals surface area contributed by atoms with Gasteiger partial charge in [0.15, 0.2) is 0 Å². The van der Waals surface area contributed by atoms with E-state index < -0.39 is 0 Å². The molecule has 1 saturated heterocycles. The Bertz CT molecular complexity index is 982. The molecule has 1 aliphatic rings. The Balaban J connectivity index is 1.28. The molecule has 1 N–H and O–H groups in total. The average Bonchev–Trinajstić information content (AvgIpc) is 3.22. The second kappa shape index (κ2) is 8.53. The van der Waals surface area contributed by atoms with Crippen LogP contribution in [0.25, 0.3) is 11.4 Å². The number of carbonyl (C=O) groups is 1. The van der Waals surface area contributed by atoms with E-state index in [1.807, 2.05) is 29.2 Å². The molecule has 4 rings (SSSR count). The minimum absolute atomic E-state index is 0.0757. The normalized spacial score (nSPS) is 14.2. The Labute approximate surface area is 173 Å². The highest BCUT2D eigenvalue weighted by molar-refractivity contribution is 6.30. The fourth-order valence-corrected chi connectivity index (χ4v) is 3.47. The number of piperazine rings is 1. The molecule has 8 heteroatoms. The summed E-state index contributed by atoms with van der Waals surface area (Å²) < 4.78 is 5.28. The molecule has 0 spiro atoms. The van der Waals surface area contributed by atoms with Crippen molar-refractivity contribution in [3.05, 3.63) is 59.4 Å². The molecule has 0 radical (unpaired) electrons. The number of halogens is 1. The third kappa shape index (κ3) is 4.68. The van der Waals surface area contributed by atoms with Gasteiger partial charge in [-0.3, -0.25) is 4.79 Å². The topological polar surface area (TPSA) is 82.7 Å². The Morgan fingerprint density at radius 1 is 1.10 bits per heavy atom. The molecule has 7 nitrogen and oxygen atoms in total. The lowest BCUT2D eigenvalue weighted by molar-refractivity contribution is -0.131. The van der Waals surface area contributed by atoms with E-state index in [-0.39, 0.29) is 11.7 Å². The van der Waals surface area contributed by atoms with Gasteiger partial charge >= 0.3 is 0 Å². The maximum Gasteiger partial charge on any atom is 0.227 e. The molecule has 29 heavy (non-hydrogen) atoms. The number of rotatable bonds is 5. The molecule has 2 aromatic carbocycles. The molecule has 2 heterocycles. The molecule has 0 unspecified atom stereocenters. The highest BCUT2D eigenvalue weighted by atomic mass is 35.5. The van der Waals surface area contributed by atoms with Crippen LogP contribution in [0.5, 0.6) is 5.75 Å². The minimum atomic E-state index is 0.0757. The van der Waals surface area contributed by atoms with Crippen molar-refractivity contribution in [2.24, 2.45) is 0 Å². The first kappa shape index (κ1) is 19.3. The van der Waals surface area contributed by atoms with Crippen LogP contribution in [0, 0.1) is 0 Å². The zero-order chi connectivity index (χ0) is 20.2. The van der Waals surface area contributed by atoms with Gasteiger partial charge in [-0.05, 0) is 36.4 Å². The molecule has 0 aliphatic carbocycles. The van der Waals surface area contributed by atoms with Crippen LogP contribution in [0.2, 0.25) is 5.02 Å². The first-order valence-electron chi connectivity index (χ1n) is 9.49. The predicted octanol–water partition coefficient (Wildman–Crippen LogP) is 3.38. The van der Waals surface area contributed by atoms with Crippen LogP contribution in [-0.2, 0) is 11.2 Å². The zero-order valence-corrected chi connectivity index (χ0v) is 16.5. The van der Waals surface area contributed by atoms with Crippen molar-refractivity contribution in [1.29, 1.82) is 0 Å². The molecule has 150 valence electrons. The smallest absolute Gasteiger partial charge is 0.227 e. The van der Waals surface area contributed by atoms with Gasteiger partial charge in [0.25, 0.3) is 0 Å². The number of aromatic hydroxyl groups is 1. The number of benzene rings is 2. The molecule has 1 fully saturated rings. The van der Waals surface area contributed by atoms with E-state index >= 15 is 0 Å². The highest BCUT2D eigenvalue weighted by Gasteiger charge is 2.22. The predicted molar refractivity (Wildman–Crippen MR) is 110 cm³/mol. The molecule has 3 aromatic rings. The van der Waals surface area contributed by atoms with Crippen molar-refractivity contribution in [1.82, 2.24) is 15.0 Å². The van der Waals surface area contributed by atoms with E-state index in [0.29, 0.717) is 42.7 Å². The summed E-state index contributed by atoms with van der Waals surface area (Å²) in [6, 6.07) is 14.4. The second-order valence-corrected chi connectivity index (χ2v) is 7.34. The Kier molecular flexibility index (Phi) is 5.67. The number of aromatic nitrogens is 2. The van der Waals surface area contributed by atoms with Gasteiger partial charge in [0, 0.05) is 61.4 Å². The van der Waals surface area contributed by atoms with Gasteiger partial charge in [0.05, 0.1) is 0 Å². The van der Waals surface area contributed by atoms with Crippen LogP contribution in [0.4, 0.5) is 5.69 Å². The van der Waals surface area contributed by atoms with Gasteiger partial charge in [0.2, 0.25) is 17.6 Å². The van der Waals surface area contributed by atoms with Crippen LogP contribution in [0.1, 0.15) is 12.3 Å². The summed E-state index contributed by atoms with van der Waals surface area (Å²) in [5, 5.41) is 14.3. The number of carbonyl (C=O) groups excluding carboxylic acids is 1. The summed E-state index contributed by atoms with van der Waals surface area (Å²) >= 11 is 5.89. The number of phenolic OH excluding ortho intramolecular Hbond substituents is 1. The van der Waals surface area contributed by atoms with Crippen LogP contribution in [0.3, 0.4) is 0 Å². The van der Waals surface area contributed by atoms with E-state index in [1.54, 1.807) is 24.3 Å². The number of amides is 1. The van der Waals surface area contributed by atoms with Gasteiger partial charge < -0.3 is 19.4 Å². The Hall–Kier alpha value is -3.06. The van der Waals surface area contributed by atoms with Crippen molar-refractivity contribution >= 4 is 23.2 Å². The van der Waals surface area contributed by atoms with Crippen LogP contribution < -0.4 is 4.90 Å². The van der Waals surface area contributed by atoms with Gasteiger partial charge in [-0.2, -0.15) is 4.98 Å². The van der Waals surface area contributed by atoms with Crippen LogP contribution in [0.15, 0.2) is 53.1 Å². The molecule has 1 aromatic heterocycles. The third-order valence-electron chi connectivity index (χ3n) is 4.95. The lowest BCUT2D eigenvalue weighted by atomic mass is 10.2. The monoisotopic (exact) mass is 412 g/mol. The minimum Gasteiger partial charge on any atom is -0.508 e. The zero-order valence-electron chi connectivity index (χ0n) is 15.8. The summed E-state index contributed by atoms with van der Waals surface area (Å²) in [6.07, 6.45) is 0.737. The fraction of sp³-hybridized carbons (Fsp3) is 0.286. The molecule has 0 atom stereocenters. The maximum atomic E-state index is 12.5. The van der Waals surface area contributed by atoms with Crippen molar-refractivity contribution < 1.29 is 14.4 Å². The average molecular weight is 413 g/mol. The van der Waals surface area contributed by atoms with E-state index in [1.165, 1.54) is 0 Å². The van der Waals surface area contributed by atoms with E-state index in [2.05, 4.69) is 15.0 Å². The summed E-state index contributed by atoms with van der Waals surface area (Å²) in [4.78, 5) is 20.9. The highest BCUT2D eigenvalue weighted by Crippen LogP contribution is 2.22. The van der Waals surface area contributed by atoms with Crippen molar-refractivity contribution in [3.63, 3.8) is 0 Å². The molecular weight excluding hydrogens is 392 g/mol. The number of hydrogen-bond donors (Lipinski definition) is 1. The van der Waals surface area contributed by atoms with Crippen LogP contribution in [-0.4, -0.2) is 52.2 Å². The number of anilines is 1. The first-order chi connectivity index (χ1) is 14.1. The SMILES string of the molecule is O=C(CCc1nc(-c2ccc(Cl)cc2)no1)N1CCN(c2cccc(O)c2)CC1. The number of aryl methyl sites for hydroxylation is 1.